The largest absolute Gasteiger partial charge is 0.287 e. The fourth-order valence-electron chi connectivity index (χ4n) is 1.49. The molecule has 4 nitrogen and oxygen atoms in total. The molecule has 0 aromatic heterocycles. The highest BCUT2D eigenvalue weighted by Crippen LogP contribution is 2.45. The molecule has 1 aromatic rings. The summed E-state index contributed by atoms with van der Waals surface area (Å²) in [4.78, 5) is 28.7. The van der Waals surface area contributed by atoms with E-state index in [1.807, 2.05) is 0 Å². The molecule has 1 heterocycles. The van der Waals surface area contributed by atoms with Crippen molar-refractivity contribution >= 4 is 75.5 Å². The van der Waals surface area contributed by atoms with Crippen molar-refractivity contribution in [3.05, 3.63) is 29.0 Å². The first-order valence-corrected chi connectivity index (χ1v) is 7.37. The molecule has 1 aliphatic rings. The van der Waals surface area contributed by atoms with Crippen molar-refractivity contribution in [3.63, 3.8) is 0 Å². The van der Waals surface area contributed by atoms with E-state index in [0.29, 0.717) is 17.9 Å². The van der Waals surface area contributed by atoms with Crippen LogP contribution in [0.25, 0.3) is 0 Å². The van der Waals surface area contributed by atoms with E-state index in [4.69, 9.17) is 4.84 Å². The maximum Gasteiger partial charge on any atom is 0.287 e. The van der Waals surface area contributed by atoms with E-state index >= 15 is 0 Å². The van der Waals surface area contributed by atoms with Gasteiger partial charge in [0.2, 0.25) is 0 Å². The van der Waals surface area contributed by atoms with E-state index in [1.54, 1.807) is 0 Å². The summed E-state index contributed by atoms with van der Waals surface area (Å²) in [5, 5.41) is 0.721. The molecule has 17 heavy (non-hydrogen) atoms. The maximum atomic E-state index is 12.0. The first-order chi connectivity index (χ1) is 7.91. The Morgan fingerprint density at radius 1 is 0.824 bits per heavy atom. The average Bonchev–Trinajstić information content (AvgIpc) is 2.55. The highest BCUT2D eigenvalue weighted by atomic mass is 79.9. The maximum absolute atomic E-state index is 12.0. The van der Waals surface area contributed by atoms with E-state index in [1.165, 1.54) is 7.11 Å². The number of benzene rings is 1. The zero-order valence-electron chi connectivity index (χ0n) is 8.18. The molecule has 1 aromatic carbocycles. The summed E-state index contributed by atoms with van der Waals surface area (Å²) in [5.74, 6) is -0.985. The predicted molar refractivity (Wildman–Crippen MR) is 74.8 cm³/mol. The zero-order valence-corrected chi connectivity index (χ0v) is 14.5. The minimum Gasteiger partial charge on any atom is -0.266 e. The molecule has 1 aliphatic heterocycles. The highest BCUT2D eigenvalue weighted by Gasteiger charge is 2.41. The molecule has 0 spiro atoms. The number of hydrogen-bond acceptors (Lipinski definition) is 3. The van der Waals surface area contributed by atoms with Crippen LogP contribution in [0.3, 0.4) is 0 Å². The molecule has 0 aliphatic carbocycles. The molecule has 0 atom stereocenters. The fraction of sp³-hybridized carbons (Fsp3) is 0.111. The Morgan fingerprint density at radius 2 is 1.18 bits per heavy atom. The van der Waals surface area contributed by atoms with Crippen molar-refractivity contribution < 1.29 is 14.4 Å². The number of imide groups is 1. The molecule has 90 valence electrons. The van der Waals surface area contributed by atoms with Crippen molar-refractivity contribution in [2.45, 2.75) is 0 Å². The van der Waals surface area contributed by atoms with Gasteiger partial charge in [0.05, 0.1) is 18.2 Å². The Bertz CT molecular complexity index is 511. The predicted octanol–water partition coefficient (Wildman–Crippen LogP) is 3.89. The second-order valence-corrected chi connectivity index (χ2v) is 6.27. The summed E-state index contributed by atoms with van der Waals surface area (Å²) in [5.41, 5.74) is 0.553. The van der Waals surface area contributed by atoms with Crippen LogP contribution in [0.4, 0.5) is 0 Å². The molecule has 0 radical (unpaired) electrons. The molecule has 0 unspecified atom stereocenters. The van der Waals surface area contributed by atoms with Crippen molar-refractivity contribution in [3.8, 4) is 0 Å². The Labute approximate surface area is 130 Å². The van der Waals surface area contributed by atoms with Crippen LogP contribution in [0.5, 0.6) is 0 Å². The number of carbonyl (C=O) groups is 2. The van der Waals surface area contributed by atoms with Crippen LogP contribution < -0.4 is 0 Å². The number of fused-ring (bicyclic) bond motifs is 1. The van der Waals surface area contributed by atoms with Gasteiger partial charge in [-0.3, -0.25) is 14.4 Å². The van der Waals surface area contributed by atoms with Gasteiger partial charge in [-0.05, 0) is 63.7 Å². The van der Waals surface area contributed by atoms with Crippen molar-refractivity contribution in [1.82, 2.24) is 5.06 Å². The first-order valence-electron chi connectivity index (χ1n) is 4.20. The molecule has 0 bridgehead atoms. The van der Waals surface area contributed by atoms with Gasteiger partial charge >= 0.3 is 0 Å². The number of amides is 2. The molecule has 2 amide bonds. The third-order valence-electron chi connectivity index (χ3n) is 2.25. The van der Waals surface area contributed by atoms with Gasteiger partial charge in [-0.2, -0.15) is 0 Å². The van der Waals surface area contributed by atoms with Gasteiger partial charge in [0.25, 0.3) is 11.8 Å². The second kappa shape index (κ2) is 4.73. The Hall–Kier alpha value is 0.240. The number of halogens is 4. The minimum absolute atomic E-state index is 0.277. The lowest BCUT2D eigenvalue weighted by atomic mass is 10.1. The van der Waals surface area contributed by atoms with Gasteiger partial charge < -0.3 is 0 Å². The highest BCUT2D eigenvalue weighted by molar-refractivity contribution is 9.15. The summed E-state index contributed by atoms with van der Waals surface area (Å²) in [6.45, 7) is 0. The zero-order chi connectivity index (χ0) is 12.9. The van der Waals surface area contributed by atoms with Crippen LogP contribution in [0.15, 0.2) is 17.9 Å². The average molecular weight is 493 g/mol. The van der Waals surface area contributed by atoms with Crippen molar-refractivity contribution in [1.29, 1.82) is 0 Å². The second-order valence-electron chi connectivity index (χ2n) is 3.09. The van der Waals surface area contributed by atoms with Gasteiger partial charge in [0.1, 0.15) is 0 Å². The van der Waals surface area contributed by atoms with Gasteiger partial charge in [-0.1, -0.05) is 0 Å². The van der Waals surface area contributed by atoms with E-state index < -0.39 is 11.8 Å². The molecule has 8 heteroatoms. The Morgan fingerprint density at radius 3 is 1.47 bits per heavy atom. The smallest absolute Gasteiger partial charge is 0.266 e. The fourth-order valence-corrected chi connectivity index (χ4v) is 3.95. The lowest BCUT2D eigenvalue weighted by Crippen LogP contribution is -2.28. The Balaban J connectivity index is 2.84. The number of hydroxylamine groups is 2. The standard InChI is InChI=1S/C9H3Br4NO3/c1-17-14-8(15)2-3(9(14)16)5(11)7(13)6(12)4(2)10/h1H3. The van der Waals surface area contributed by atoms with Crippen molar-refractivity contribution in [2.24, 2.45) is 0 Å². The van der Waals surface area contributed by atoms with Gasteiger partial charge in [-0.25, -0.2) is 0 Å². The normalized spacial score (nSPS) is 14.5. The summed E-state index contributed by atoms with van der Waals surface area (Å²) in [6.07, 6.45) is 0. The molecular weight excluding hydrogens is 490 g/mol. The SMILES string of the molecule is CON1C(=O)c2c(Br)c(Br)c(Br)c(Br)c2C1=O. The Kier molecular flexibility index (Phi) is 3.80. The minimum atomic E-state index is -0.492. The van der Waals surface area contributed by atoms with Crippen LogP contribution in [0.2, 0.25) is 0 Å². The molecule has 0 N–H and O–H groups in total. The molecule has 2 rings (SSSR count). The van der Waals surface area contributed by atoms with Crippen LogP contribution in [-0.2, 0) is 4.84 Å². The summed E-state index contributed by atoms with van der Waals surface area (Å²) >= 11 is 13.2. The van der Waals surface area contributed by atoms with Crippen molar-refractivity contribution in [2.75, 3.05) is 7.11 Å². The van der Waals surface area contributed by atoms with Gasteiger partial charge in [-0.15, -0.1) is 5.06 Å². The van der Waals surface area contributed by atoms with Crippen LogP contribution >= 0.6 is 63.7 Å². The van der Waals surface area contributed by atoms with Gasteiger partial charge in [0, 0.05) is 17.9 Å². The number of rotatable bonds is 1. The molecule has 0 fully saturated rings. The lowest BCUT2D eigenvalue weighted by molar-refractivity contribution is -0.0646. The lowest BCUT2D eigenvalue weighted by Gasteiger charge is -2.08. The van der Waals surface area contributed by atoms with Crippen LogP contribution in [0.1, 0.15) is 20.7 Å². The quantitative estimate of drug-likeness (QED) is 0.339. The summed E-state index contributed by atoms with van der Waals surface area (Å²) in [6, 6.07) is 0. The number of hydrogen-bond donors (Lipinski definition) is 0. The molecule has 0 saturated heterocycles. The summed E-state index contributed by atoms with van der Waals surface area (Å²) in [7, 11) is 1.27. The van der Waals surface area contributed by atoms with E-state index in [2.05, 4.69) is 63.7 Å². The first kappa shape index (κ1) is 13.7. The third kappa shape index (κ3) is 1.85. The van der Waals surface area contributed by atoms with E-state index in [9.17, 15) is 9.59 Å². The molecular formula is C9H3Br4NO3. The van der Waals surface area contributed by atoms with E-state index in [0.717, 1.165) is 5.06 Å². The van der Waals surface area contributed by atoms with Crippen LogP contribution in [0, 0.1) is 0 Å². The molecule has 0 saturated carbocycles. The summed E-state index contributed by atoms with van der Waals surface area (Å²) < 4.78 is 2.34. The number of nitrogens with zero attached hydrogens (tertiary/aromatic N) is 1. The monoisotopic (exact) mass is 489 g/mol. The van der Waals surface area contributed by atoms with Crippen LogP contribution in [-0.4, -0.2) is 24.0 Å². The van der Waals surface area contributed by atoms with E-state index in [-0.39, 0.29) is 11.1 Å². The number of carbonyl (C=O) groups excluding carboxylic acids is 2. The van der Waals surface area contributed by atoms with Gasteiger partial charge in [0.15, 0.2) is 0 Å². The topological polar surface area (TPSA) is 46.6 Å². The third-order valence-corrected chi connectivity index (χ3v) is 7.01.